The first-order valence-electron chi connectivity index (χ1n) is 8.92. The zero-order chi connectivity index (χ0) is 21.1. The average Bonchev–Trinajstić information content (AvgIpc) is 3.10. The van der Waals surface area contributed by atoms with Crippen molar-refractivity contribution in [3.05, 3.63) is 52.1 Å². The predicted molar refractivity (Wildman–Crippen MR) is 106 cm³/mol. The maximum Gasteiger partial charge on any atom is 0.274 e. The second-order valence-electron chi connectivity index (χ2n) is 6.69. The molecule has 0 unspecified atom stereocenters. The van der Waals surface area contributed by atoms with Crippen LogP contribution in [0.2, 0.25) is 0 Å². The molecule has 0 spiro atoms. The molecule has 1 fully saturated rings. The van der Waals surface area contributed by atoms with Gasteiger partial charge in [-0.3, -0.25) is 19.7 Å². The Balaban J connectivity index is 1.78. The number of aryl methyl sites for hydroxylation is 1. The summed E-state index contributed by atoms with van der Waals surface area (Å²) in [5, 5.41) is 13.8. The monoisotopic (exact) mass is 399 g/mol. The standard InChI is InChI=1S/C20H21N3O6/c1-12-4-5-14(9-16(12)23(26)27)21-20(25)13-8-19(24)22(11-13)17-10-15(28-2)6-7-18(17)29-3/h4-7,9-10,13H,8,11H2,1-3H3,(H,21,25)/t13-/m1/s1. The molecule has 2 aromatic rings. The van der Waals surface area contributed by atoms with Gasteiger partial charge in [-0.05, 0) is 25.1 Å². The normalized spacial score (nSPS) is 15.9. The molecule has 2 amide bonds. The lowest BCUT2D eigenvalue weighted by Crippen LogP contribution is -2.28. The molecule has 2 aromatic carbocycles. The highest BCUT2D eigenvalue weighted by Gasteiger charge is 2.36. The Labute approximate surface area is 167 Å². The van der Waals surface area contributed by atoms with E-state index in [1.807, 2.05) is 0 Å². The largest absolute Gasteiger partial charge is 0.497 e. The van der Waals surface area contributed by atoms with Gasteiger partial charge >= 0.3 is 0 Å². The number of amides is 2. The first-order valence-corrected chi connectivity index (χ1v) is 8.92. The topological polar surface area (TPSA) is 111 Å². The fraction of sp³-hybridized carbons (Fsp3) is 0.300. The van der Waals surface area contributed by atoms with Crippen LogP contribution in [-0.4, -0.2) is 37.5 Å². The number of nitrogens with zero attached hydrogens (tertiary/aromatic N) is 2. The summed E-state index contributed by atoms with van der Waals surface area (Å²) in [6.07, 6.45) is 0.0279. The summed E-state index contributed by atoms with van der Waals surface area (Å²) < 4.78 is 10.5. The van der Waals surface area contributed by atoms with Crippen LogP contribution in [0.15, 0.2) is 36.4 Å². The van der Waals surface area contributed by atoms with Gasteiger partial charge in [0, 0.05) is 36.3 Å². The Bertz CT molecular complexity index is 975. The number of ether oxygens (including phenoxy) is 2. The maximum absolute atomic E-state index is 12.7. The number of nitro groups is 1. The second-order valence-corrected chi connectivity index (χ2v) is 6.69. The van der Waals surface area contributed by atoms with Gasteiger partial charge in [0.1, 0.15) is 11.5 Å². The van der Waals surface area contributed by atoms with E-state index in [1.54, 1.807) is 37.3 Å². The van der Waals surface area contributed by atoms with E-state index >= 15 is 0 Å². The van der Waals surface area contributed by atoms with E-state index in [0.29, 0.717) is 28.4 Å². The van der Waals surface area contributed by atoms with Crippen molar-refractivity contribution in [2.24, 2.45) is 5.92 Å². The second kappa shape index (κ2) is 8.17. The van der Waals surface area contributed by atoms with E-state index in [0.717, 1.165) is 0 Å². The van der Waals surface area contributed by atoms with Crippen molar-refractivity contribution in [3.8, 4) is 11.5 Å². The molecule has 152 valence electrons. The van der Waals surface area contributed by atoms with Crippen LogP contribution in [0.4, 0.5) is 17.1 Å². The summed E-state index contributed by atoms with van der Waals surface area (Å²) in [7, 11) is 3.02. The third-order valence-electron chi connectivity index (χ3n) is 4.85. The Morgan fingerprint density at radius 2 is 1.97 bits per heavy atom. The molecule has 1 heterocycles. The summed E-state index contributed by atoms with van der Waals surface area (Å²) in [5.74, 6) is -0.131. The van der Waals surface area contributed by atoms with Gasteiger partial charge in [-0.25, -0.2) is 0 Å². The van der Waals surface area contributed by atoms with E-state index in [-0.39, 0.29) is 30.5 Å². The molecule has 3 rings (SSSR count). The minimum absolute atomic E-state index is 0.0279. The van der Waals surface area contributed by atoms with E-state index < -0.39 is 10.8 Å². The molecule has 1 aliphatic heterocycles. The number of nitrogens with one attached hydrogen (secondary N) is 1. The maximum atomic E-state index is 12.7. The molecule has 0 bridgehead atoms. The smallest absolute Gasteiger partial charge is 0.274 e. The van der Waals surface area contributed by atoms with Crippen molar-refractivity contribution in [2.45, 2.75) is 13.3 Å². The number of hydrogen-bond donors (Lipinski definition) is 1. The van der Waals surface area contributed by atoms with Crippen LogP contribution in [0.25, 0.3) is 0 Å². The highest BCUT2D eigenvalue weighted by Crippen LogP contribution is 2.36. The van der Waals surface area contributed by atoms with Gasteiger partial charge in [-0.1, -0.05) is 6.07 Å². The quantitative estimate of drug-likeness (QED) is 0.591. The Kier molecular flexibility index (Phi) is 5.67. The van der Waals surface area contributed by atoms with E-state index in [1.165, 1.54) is 25.2 Å². The lowest BCUT2D eigenvalue weighted by Gasteiger charge is -2.20. The fourth-order valence-electron chi connectivity index (χ4n) is 3.25. The lowest BCUT2D eigenvalue weighted by molar-refractivity contribution is -0.385. The van der Waals surface area contributed by atoms with Crippen molar-refractivity contribution < 1.29 is 24.0 Å². The van der Waals surface area contributed by atoms with Crippen LogP contribution in [-0.2, 0) is 9.59 Å². The number of benzene rings is 2. The number of methoxy groups -OCH3 is 2. The zero-order valence-corrected chi connectivity index (χ0v) is 16.3. The fourth-order valence-corrected chi connectivity index (χ4v) is 3.25. The van der Waals surface area contributed by atoms with Gasteiger partial charge in [0.2, 0.25) is 11.8 Å². The third kappa shape index (κ3) is 4.13. The van der Waals surface area contributed by atoms with Crippen molar-refractivity contribution in [1.82, 2.24) is 0 Å². The number of carbonyl (C=O) groups excluding carboxylic acids is 2. The van der Waals surface area contributed by atoms with Crippen LogP contribution in [0, 0.1) is 23.0 Å². The zero-order valence-electron chi connectivity index (χ0n) is 16.3. The first-order chi connectivity index (χ1) is 13.8. The van der Waals surface area contributed by atoms with Gasteiger partial charge < -0.3 is 19.7 Å². The number of anilines is 2. The number of hydrogen-bond acceptors (Lipinski definition) is 6. The van der Waals surface area contributed by atoms with Crippen LogP contribution in [0.5, 0.6) is 11.5 Å². The molecule has 1 saturated heterocycles. The Morgan fingerprint density at radius 3 is 2.62 bits per heavy atom. The highest BCUT2D eigenvalue weighted by molar-refractivity contribution is 6.04. The van der Waals surface area contributed by atoms with Gasteiger partial charge in [0.15, 0.2) is 0 Å². The van der Waals surface area contributed by atoms with Gasteiger partial charge in [0.25, 0.3) is 5.69 Å². The minimum Gasteiger partial charge on any atom is -0.497 e. The molecular formula is C20H21N3O6. The first kappa shape index (κ1) is 20.1. The molecule has 9 nitrogen and oxygen atoms in total. The molecule has 0 aliphatic carbocycles. The molecule has 0 saturated carbocycles. The molecular weight excluding hydrogens is 378 g/mol. The van der Waals surface area contributed by atoms with Crippen LogP contribution in [0.1, 0.15) is 12.0 Å². The molecule has 0 aromatic heterocycles. The Hall–Kier alpha value is -3.62. The average molecular weight is 399 g/mol. The van der Waals surface area contributed by atoms with Gasteiger partial charge in [-0.15, -0.1) is 0 Å². The lowest BCUT2D eigenvalue weighted by atomic mass is 10.1. The van der Waals surface area contributed by atoms with Crippen LogP contribution < -0.4 is 19.7 Å². The SMILES string of the molecule is COc1ccc(OC)c(N2C[C@H](C(=O)Nc3ccc(C)c([N+](=O)[O-])c3)CC2=O)c1. The Morgan fingerprint density at radius 1 is 1.21 bits per heavy atom. The van der Waals surface area contributed by atoms with Gasteiger partial charge in [0.05, 0.1) is 30.7 Å². The van der Waals surface area contributed by atoms with Crippen molar-refractivity contribution in [1.29, 1.82) is 0 Å². The molecule has 29 heavy (non-hydrogen) atoms. The van der Waals surface area contributed by atoms with Crippen LogP contribution in [0.3, 0.4) is 0 Å². The van der Waals surface area contributed by atoms with E-state index in [4.69, 9.17) is 9.47 Å². The van der Waals surface area contributed by atoms with Crippen molar-refractivity contribution in [2.75, 3.05) is 31.0 Å². The predicted octanol–water partition coefficient (Wildman–Crippen LogP) is 2.91. The molecule has 1 N–H and O–H groups in total. The minimum atomic E-state index is -0.598. The number of carbonyl (C=O) groups is 2. The van der Waals surface area contributed by atoms with E-state index in [9.17, 15) is 19.7 Å². The molecule has 0 radical (unpaired) electrons. The summed E-state index contributed by atoms with van der Waals surface area (Å²) >= 11 is 0. The summed E-state index contributed by atoms with van der Waals surface area (Å²) in [6, 6.07) is 9.58. The number of rotatable bonds is 6. The van der Waals surface area contributed by atoms with Crippen LogP contribution >= 0.6 is 0 Å². The molecule has 9 heteroatoms. The third-order valence-corrected chi connectivity index (χ3v) is 4.85. The van der Waals surface area contributed by atoms with Gasteiger partial charge in [-0.2, -0.15) is 0 Å². The summed E-state index contributed by atoms with van der Waals surface area (Å²) in [6.45, 7) is 1.79. The van der Waals surface area contributed by atoms with E-state index in [2.05, 4.69) is 5.32 Å². The van der Waals surface area contributed by atoms with Crippen molar-refractivity contribution >= 4 is 28.9 Å². The molecule has 1 atom stereocenters. The van der Waals surface area contributed by atoms with Crippen molar-refractivity contribution in [3.63, 3.8) is 0 Å². The molecule has 1 aliphatic rings. The highest BCUT2D eigenvalue weighted by atomic mass is 16.6. The number of nitro benzene ring substituents is 1. The summed E-state index contributed by atoms with van der Waals surface area (Å²) in [5.41, 5.74) is 1.27. The summed E-state index contributed by atoms with van der Waals surface area (Å²) in [4.78, 5) is 37.3.